The number of likely N-dealkylation sites (tertiary alicyclic amines) is 1. The molecule has 2 saturated heterocycles. The molecule has 1 amide bonds. The molecule has 2 fully saturated rings. The molecule has 1 atom stereocenters. The molecule has 0 unspecified atom stereocenters. The van der Waals surface area contributed by atoms with Gasteiger partial charge in [-0.25, -0.2) is 0 Å². The van der Waals surface area contributed by atoms with Crippen LogP contribution in [0.3, 0.4) is 0 Å². The van der Waals surface area contributed by atoms with Crippen molar-refractivity contribution in [1.82, 2.24) is 20.0 Å². The van der Waals surface area contributed by atoms with Crippen molar-refractivity contribution in [1.29, 1.82) is 0 Å². The smallest absolute Gasteiger partial charge is 0.271 e. The SMILES string of the molecule is O=C(c1cc(=O)[nH][nH]1)N1CCC[C@@H](N2CCN(c3ccccc3)CC2)C1. The maximum Gasteiger partial charge on any atom is 0.271 e. The summed E-state index contributed by atoms with van der Waals surface area (Å²) in [7, 11) is 0. The van der Waals surface area contributed by atoms with Gasteiger partial charge in [0.2, 0.25) is 0 Å². The van der Waals surface area contributed by atoms with E-state index in [-0.39, 0.29) is 11.5 Å². The molecule has 0 saturated carbocycles. The van der Waals surface area contributed by atoms with Crippen molar-refractivity contribution in [2.24, 2.45) is 0 Å². The van der Waals surface area contributed by atoms with Crippen LogP contribution in [0.25, 0.3) is 0 Å². The van der Waals surface area contributed by atoms with Crippen LogP contribution in [0.5, 0.6) is 0 Å². The number of benzene rings is 1. The van der Waals surface area contributed by atoms with Gasteiger partial charge in [-0.1, -0.05) is 18.2 Å². The lowest BCUT2D eigenvalue weighted by molar-refractivity contribution is 0.0558. The van der Waals surface area contributed by atoms with Crippen LogP contribution in [0, 0.1) is 0 Å². The van der Waals surface area contributed by atoms with Gasteiger partial charge in [0.15, 0.2) is 0 Å². The van der Waals surface area contributed by atoms with Crippen LogP contribution < -0.4 is 10.5 Å². The Bertz CT molecular complexity index is 792. The summed E-state index contributed by atoms with van der Waals surface area (Å²) in [5.41, 5.74) is 1.37. The lowest BCUT2D eigenvalue weighted by Crippen LogP contribution is -2.55. The molecule has 7 heteroatoms. The van der Waals surface area contributed by atoms with Crippen LogP contribution in [-0.4, -0.2) is 71.2 Å². The number of aromatic amines is 2. The van der Waals surface area contributed by atoms with Crippen molar-refractivity contribution in [2.45, 2.75) is 18.9 Å². The Morgan fingerprint density at radius 1 is 1.00 bits per heavy atom. The molecule has 1 aromatic heterocycles. The van der Waals surface area contributed by atoms with Crippen molar-refractivity contribution >= 4 is 11.6 Å². The number of piperidine rings is 1. The fourth-order valence-electron chi connectivity index (χ4n) is 4.04. The number of rotatable bonds is 3. The standard InChI is InChI=1S/C19H25N5O2/c25-18-13-17(20-21-18)19(26)24-8-4-7-16(14-24)23-11-9-22(10-12-23)15-5-2-1-3-6-15/h1-3,5-6,13,16H,4,7-12,14H2,(H2,20,21,25)/t16-/m1/s1. The average molecular weight is 355 g/mol. The molecule has 7 nitrogen and oxygen atoms in total. The number of hydrogen-bond acceptors (Lipinski definition) is 4. The maximum atomic E-state index is 12.6. The molecule has 0 radical (unpaired) electrons. The number of aromatic nitrogens is 2. The summed E-state index contributed by atoms with van der Waals surface area (Å²) in [5.74, 6) is -0.0871. The number of amides is 1. The van der Waals surface area contributed by atoms with E-state index in [2.05, 4.69) is 44.3 Å². The van der Waals surface area contributed by atoms with Crippen molar-refractivity contribution in [2.75, 3.05) is 44.2 Å². The molecule has 2 N–H and O–H groups in total. The van der Waals surface area contributed by atoms with E-state index in [1.165, 1.54) is 11.8 Å². The van der Waals surface area contributed by atoms with Gasteiger partial charge >= 0.3 is 0 Å². The van der Waals surface area contributed by atoms with Gasteiger partial charge in [0.1, 0.15) is 5.69 Å². The monoisotopic (exact) mass is 355 g/mol. The highest BCUT2D eigenvalue weighted by molar-refractivity contribution is 5.92. The van der Waals surface area contributed by atoms with E-state index in [0.29, 0.717) is 11.7 Å². The van der Waals surface area contributed by atoms with E-state index in [1.54, 1.807) is 0 Å². The van der Waals surface area contributed by atoms with Crippen LogP contribution in [-0.2, 0) is 0 Å². The molecule has 2 aliphatic heterocycles. The third-order valence-corrected chi connectivity index (χ3v) is 5.46. The molecule has 4 rings (SSSR count). The summed E-state index contributed by atoms with van der Waals surface area (Å²) in [6.45, 7) is 5.55. The predicted octanol–water partition coefficient (Wildman–Crippen LogP) is 1.13. The molecule has 26 heavy (non-hydrogen) atoms. The summed E-state index contributed by atoms with van der Waals surface area (Å²) in [5, 5.41) is 5.11. The fourth-order valence-corrected chi connectivity index (χ4v) is 4.04. The highest BCUT2D eigenvalue weighted by Crippen LogP contribution is 2.21. The first-order chi connectivity index (χ1) is 12.7. The lowest BCUT2D eigenvalue weighted by atomic mass is 10.0. The number of anilines is 1. The third kappa shape index (κ3) is 3.53. The number of hydrogen-bond donors (Lipinski definition) is 2. The van der Waals surface area contributed by atoms with Gasteiger partial charge in [0.25, 0.3) is 11.5 Å². The third-order valence-electron chi connectivity index (χ3n) is 5.46. The zero-order valence-corrected chi connectivity index (χ0v) is 14.9. The zero-order chi connectivity index (χ0) is 17.9. The molecule has 0 spiro atoms. The van der Waals surface area contributed by atoms with E-state index >= 15 is 0 Å². The van der Waals surface area contributed by atoms with E-state index in [9.17, 15) is 9.59 Å². The van der Waals surface area contributed by atoms with E-state index in [1.807, 2.05) is 11.0 Å². The van der Waals surface area contributed by atoms with Gasteiger partial charge in [-0.15, -0.1) is 0 Å². The van der Waals surface area contributed by atoms with Gasteiger partial charge < -0.3 is 9.80 Å². The van der Waals surface area contributed by atoms with Crippen LogP contribution in [0.4, 0.5) is 5.69 Å². The Labute approximate surface area is 152 Å². The zero-order valence-electron chi connectivity index (χ0n) is 14.9. The van der Waals surface area contributed by atoms with Gasteiger partial charge in [-0.2, -0.15) is 0 Å². The normalized spacial score (nSPS) is 21.8. The minimum absolute atomic E-state index is 0.0871. The van der Waals surface area contributed by atoms with Crippen LogP contribution >= 0.6 is 0 Å². The number of H-pyrrole nitrogens is 2. The number of para-hydroxylation sites is 1. The number of piperazine rings is 1. The van der Waals surface area contributed by atoms with Crippen molar-refractivity contribution in [3.63, 3.8) is 0 Å². The van der Waals surface area contributed by atoms with Gasteiger partial charge in [-0.05, 0) is 25.0 Å². The topological polar surface area (TPSA) is 75.4 Å². The largest absolute Gasteiger partial charge is 0.369 e. The number of nitrogens with one attached hydrogen (secondary N) is 2. The molecular formula is C19H25N5O2. The molecule has 138 valence electrons. The molecule has 1 aromatic carbocycles. The van der Waals surface area contributed by atoms with Crippen molar-refractivity contribution in [3.8, 4) is 0 Å². The van der Waals surface area contributed by atoms with Gasteiger partial charge in [-0.3, -0.25) is 24.7 Å². The second-order valence-corrected chi connectivity index (χ2v) is 7.08. The number of nitrogens with zero attached hydrogens (tertiary/aromatic N) is 3. The highest BCUT2D eigenvalue weighted by Gasteiger charge is 2.30. The van der Waals surface area contributed by atoms with Crippen molar-refractivity contribution in [3.05, 3.63) is 52.4 Å². The molecular weight excluding hydrogens is 330 g/mol. The second-order valence-electron chi connectivity index (χ2n) is 7.08. The van der Waals surface area contributed by atoms with Crippen LogP contribution in [0.2, 0.25) is 0 Å². The van der Waals surface area contributed by atoms with Crippen LogP contribution in [0.1, 0.15) is 23.3 Å². The molecule has 2 aliphatic rings. The van der Waals surface area contributed by atoms with E-state index in [0.717, 1.165) is 52.1 Å². The Balaban J connectivity index is 1.35. The summed E-state index contributed by atoms with van der Waals surface area (Å²) < 4.78 is 0. The first-order valence-corrected chi connectivity index (χ1v) is 9.32. The maximum absolute atomic E-state index is 12.6. The Hall–Kier alpha value is -2.54. The Morgan fingerprint density at radius 2 is 1.77 bits per heavy atom. The van der Waals surface area contributed by atoms with Crippen molar-refractivity contribution < 1.29 is 4.79 Å². The van der Waals surface area contributed by atoms with E-state index < -0.39 is 0 Å². The summed E-state index contributed by atoms with van der Waals surface area (Å²) in [6, 6.07) is 12.3. The number of carbonyl (C=O) groups is 1. The molecule has 0 bridgehead atoms. The van der Waals surface area contributed by atoms with E-state index in [4.69, 9.17) is 0 Å². The first-order valence-electron chi connectivity index (χ1n) is 9.32. The summed E-state index contributed by atoms with van der Waals surface area (Å²) in [4.78, 5) is 30.7. The average Bonchev–Trinajstić information content (AvgIpc) is 3.15. The molecule has 2 aromatic rings. The summed E-state index contributed by atoms with van der Waals surface area (Å²) >= 11 is 0. The lowest BCUT2D eigenvalue weighted by Gasteiger charge is -2.43. The number of carbonyl (C=O) groups excluding carboxylic acids is 1. The minimum Gasteiger partial charge on any atom is -0.369 e. The highest BCUT2D eigenvalue weighted by atomic mass is 16.2. The molecule has 0 aliphatic carbocycles. The Kier molecular flexibility index (Phi) is 4.79. The second kappa shape index (κ2) is 7.37. The molecule has 3 heterocycles. The van der Waals surface area contributed by atoms with Gasteiger partial charge in [0, 0.05) is 57.1 Å². The first kappa shape index (κ1) is 16.9. The minimum atomic E-state index is -0.265. The van der Waals surface area contributed by atoms with Crippen LogP contribution in [0.15, 0.2) is 41.2 Å². The fraction of sp³-hybridized carbons (Fsp3) is 0.474. The quantitative estimate of drug-likeness (QED) is 0.865. The summed E-state index contributed by atoms with van der Waals surface area (Å²) in [6.07, 6.45) is 2.13. The Morgan fingerprint density at radius 3 is 2.46 bits per heavy atom. The predicted molar refractivity (Wildman–Crippen MR) is 101 cm³/mol. The van der Waals surface area contributed by atoms with Gasteiger partial charge in [0.05, 0.1) is 0 Å².